The molecule has 1 saturated heterocycles. The number of carbonyl (C=O) groups is 1. The fraction of sp³-hybridized carbons (Fsp3) is 0.611. The lowest BCUT2D eigenvalue weighted by Crippen LogP contribution is -2.54. The Bertz CT molecular complexity index is 637. The molecule has 1 aliphatic rings. The molecule has 5 nitrogen and oxygen atoms in total. The minimum atomic E-state index is -2.85. The minimum absolute atomic E-state index is 0.117. The second-order valence-electron chi connectivity index (χ2n) is 7.39. The van der Waals surface area contributed by atoms with Crippen LogP contribution in [0.25, 0.3) is 0 Å². The van der Waals surface area contributed by atoms with E-state index in [1.165, 1.54) is 6.07 Å². The average Bonchev–Trinajstić information content (AvgIpc) is 2.50. The van der Waals surface area contributed by atoms with Gasteiger partial charge in [0.1, 0.15) is 11.4 Å². The molecule has 0 aliphatic carbocycles. The van der Waals surface area contributed by atoms with Crippen LogP contribution in [-0.4, -0.2) is 53.8 Å². The van der Waals surface area contributed by atoms with E-state index >= 15 is 0 Å². The third kappa shape index (κ3) is 6.09. The second kappa shape index (κ2) is 8.52. The Morgan fingerprint density at radius 2 is 2.04 bits per heavy atom. The van der Waals surface area contributed by atoms with Crippen LogP contribution in [0.3, 0.4) is 0 Å². The number of halogens is 3. The summed E-state index contributed by atoms with van der Waals surface area (Å²) < 4.78 is 35.0. The number of hydrogen-bond acceptors (Lipinski definition) is 4. The summed E-state index contributed by atoms with van der Waals surface area (Å²) in [5.74, 6) is 0.117. The predicted octanol–water partition coefficient (Wildman–Crippen LogP) is 4.49. The van der Waals surface area contributed by atoms with Crippen molar-refractivity contribution in [1.82, 2.24) is 9.80 Å². The van der Waals surface area contributed by atoms with Crippen LogP contribution in [0.2, 0.25) is 0 Å². The number of benzene rings is 1. The van der Waals surface area contributed by atoms with Gasteiger partial charge in [-0.15, -0.1) is 0 Å². The Hall–Kier alpha value is -1.41. The molecule has 0 bridgehead atoms. The summed E-state index contributed by atoms with van der Waals surface area (Å²) in [6, 6.07) is 5.25. The van der Waals surface area contributed by atoms with Gasteiger partial charge in [0.25, 0.3) is 0 Å². The summed E-state index contributed by atoms with van der Waals surface area (Å²) >= 11 is 3.27. The molecule has 0 radical (unpaired) electrons. The zero-order valence-corrected chi connectivity index (χ0v) is 17.1. The Morgan fingerprint density at radius 3 is 2.58 bits per heavy atom. The van der Waals surface area contributed by atoms with Crippen molar-refractivity contribution in [3.63, 3.8) is 0 Å². The van der Waals surface area contributed by atoms with Gasteiger partial charge in [-0.05, 0) is 61.3 Å². The molecular formula is C18H25BrF2N2O3. The van der Waals surface area contributed by atoms with Gasteiger partial charge in [-0.2, -0.15) is 8.78 Å². The lowest BCUT2D eigenvalue weighted by molar-refractivity contribution is -0.0504. The van der Waals surface area contributed by atoms with Crippen molar-refractivity contribution in [3.8, 4) is 5.75 Å². The van der Waals surface area contributed by atoms with E-state index < -0.39 is 12.2 Å². The summed E-state index contributed by atoms with van der Waals surface area (Å²) in [5.41, 5.74) is 0.474. The molecule has 1 aromatic carbocycles. The first kappa shape index (κ1) is 20.9. The lowest BCUT2D eigenvalue weighted by Gasteiger charge is -2.40. The smallest absolute Gasteiger partial charge is 0.410 e. The van der Waals surface area contributed by atoms with E-state index in [1.54, 1.807) is 17.0 Å². The highest BCUT2D eigenvalue weighted by molar-refractivity contribution is 9.10. The minimum Gasteiger partial charge on any atom is -0.444 e. The molecule has 146 valence electrons. The maximum atomic E-state index is 12.3. The number of ether oxygens (including phenoxy) is 2. The van der Waals surface area contributed by atoms with Crippen LogP contribution in [0.4, 0.5) is 13.6 Å². The summed E-state index contributed by atoms with van der Waals surface area (Å²) in [6.45, 7) is 7.31. The second-order valence-corrected chi connectivity index (χ2v) is 8.24. The normalized spacial score (nSPS) is 18.9. The van der Waals surface area contributed by atoms with Crippen molar-refractivity contribution in [3.05, 3.63) is 28.2 Å². The molecule has 1 aromatic rings. The molecule has 26 heavy (non-hydrogen) atoms. The molecule has 1 aliphatic heterocycles. The van der Waals surface area contributed by atoms with Crippen LogP contribution in [0, 0.1) is 0 Å². The van der Waals surface area contributed by atoms with Gasteiger partial charge in [0.2, 0.25) is 0 Å². The van der Waals surface area contributed by atoms with Crippen LogP contribution in [-0.2, 0) is 11.3 Å². The summed E-state index contributed by atoms with van der Waals surface area (Å²) in [6.07, 6.45) is -0.291. The van der Waals surface area contributed by atoms with E-state index in [-0.39, 0.29) is 17.9 Å². The van der Waals surface area contributed by atoms with Crippen molar-refractivity contribution < 1.29 is 23.0 Å². The average molecular weight is 435 g/mol. The van der Waals surface area contributed by atoms with E-state index in [1.807, 2.05) is 20.8 Å². The Morgan fingerprint density at radius 1 is 1.35 bits per heavy atom. The third-order valence-corrected chi connectivity index (χ3v) is 4.63. The van der Waals surface area contributed by atoms with E-state index in [9.17, 15) is 13.6 Å². The molecule has 0 N–H and O–H groups in total. The molecule has 1 heterocycles. The first-order valence-corrected chi connectivity index (χ1v) is 9.29. The van der Waals surface area contributed by atoms with Crippen LogP contribution < -0.4 is 4.74 Å². The predicted molar refractivity (Wildman–Crippen MR) is 98.5 cm³/mol. The zero-order valence-electron chi connectivity index (χ0n) is 15.5. The number of amides is 1. The summed E-state index contributed by atoms with van der Waals surface area (Å²) in [5, 5.41) is 0. The van der Waals surface area contributed by atoms with Crippen LogP contribution in [0.5, 0.6) is 5.75 Å². The Balaban J connectivity index is 1.94. The molecule has 0 unspecified atom stereocenters. The molecule has 1 amide bonds. The molecule has 8 heteroatoms. The zero-order chi connectivity index (χ0) is 19.5. The van der Waals surface area contributed by atoms with Gasteiger partial charge in [0.05, 0.1) is 4.47 Å². The largest absolute Gasteiger partial charge is 0.444 e. The van der Waals surface area contributed by atoms with E-state index in [0.717, 1.165) is 5.56 Å². The number of alkyl halides is 2. The molecule has 0 aromatic heterocycles. The Labute approximate surface area is 161 Å². The topological polar surface area (TPSA) is 42.0 Å². The van der Waals surface area contributed by atoms with E-state index in [4.69, 9.17) is 4.74 Å². The molecule has 1 fully saturated rings. The van der Waals surface area contributed by atoms with Crippen molar-refractivity contribution in [1.29, 1.82) is 0 Å². The third-order valence-electron chi connectivity index (χ3n) is 4.01. The lowest BCUT2D eigenvalue weighted by atomic mass is 10.1. The molecular weight excluding hydrogens is 410 g/mol. The first-order valence-electron chi connectivity index (χ1n) is 8.50. The van der Waals surface area contributed by atoms with Gasteiger partial charge in [0.15, 0.2) is 0 Å². The van der Waals surface area contributed by atoms with Crippen molar-refractivity contribution in [2.24, 2.45) is 0 Å². The van der Waals surface area contributed by atoms with Gasteiger partial charge in [-0.25, -0.2) is 4.79 Å². The maximum absolute atomic E-state index is 12.3. The molecule has 0 saturated carbocycles. The number of hydrogen-bond donors (Lipinski definition) is 0. The van der Waals surface area contributed by atoms with Gasteiger partial charge in [0, 0.05) is 32.2 Å². The highest BCUT2D eigenvalue weighted by Gasteiger charge is 2.29. The monoisotopic (exact) mass is 434 g/mol. The van der Waals surface area contributed by atoms with Gasteiger partial charge in [-0.3, -0.25) is 4.90 Å². The number of piperazine rings is 1. The maximum Gasteiger partial charge on any atom is 0.410 e. The SMILES string of the molecule is C[C@H]1CN(C(=O)OC(C)(C)C)CCN1Cc1ccc(OC(F)F)c(Br)c1. The quantitative estimate of drug-likeness (QED) is 0.699. The van der Waals surface area contributed by atoms with Gasteiger partial charge >= 0.3 is 12.7 Å². The van der Waals surface area contributed by atoms with Crippen molar-refractivity contribution in [2.75, 3.05) is 19.6 Å². The fourth-order valence-electron chi connectivity index (χ4n) is 2.79. The van der Waals surface area contributed by atoms with E-state index in [2.05, 4.69) is 32.5 Å². The highest BCUT2D eigenvalue weighted by atomic mass is 79.9. The summed E-state index contributed by atoms with van der Waals surface area (Å²) in [7, 11) is 0. The van der Waals surface area contributed by atoms with Gasteiger partial charge < -0.3 is 14.4 Å². The number of carbonyl (C=O) groups excluding carboxylic acids is 1. The van der Waals surface area contributed by atoms with Crippen LogP contribution in [0.15, 0.2) is 22.7 Å². The van der Waals surface area contributed by atoms with E-state index in [0.29, 0.717) is 30.7 Å². The molecule has 1 atom stereocenters. The fourth-order valence-corrected chi connectivity index (χ4v) is 3.31. The standard InChI is InChI=1S/C18H25BrF2N2O3/c1-12-10-23(17(24)26-18(2,3)4)8-7-22(12)11-13-5-6-15(14(19)9-13)25-16(20)21/h5-6,9,12,16H,7-8,10-11H2,1-4H3/t12-/m0/s1. The molecule has 0 spiro atoms. The van der Waals surface area contributed by atoms with Crippen LogP contribution in [0.1, 0.15) is 33.3 Å². The van der Waals surface area contributed by atoms with Crippen molar-refractivity contribution >= 4 is 22.0 Å². The van der Waals surface area contributed by atoms with Crippen LogP contribution >= 0.6 is 15.9 Å². The van der Waals surface area contributed by atoms with Crippen molar-refractivity contribution in [2.45, 2.75) is 52.5 Å². The highest BCUT2D eigenvalue weighted by Crippen LogP contribution is 2.28. The molecule has 2 rings (SSSR count). The van der Waals surface area contributed by atoms with Gasteiger partial charge in [-0.1, -0.05) is 6.07 Å². The number of rotatable bonds is 4. The number of nitrogens with zero attached hydrogens (tertiary/aromatic N) is 2. The Kier molecular flexibility index (Phi) is 6.85. The first-order chi connectivity index (χ1) is 12.0. The summed E-state index contributed by atoms with van der Waals surface area (Å²) in [4.78, 5) is 16.2.